The van der Waals surface area contributed by atoms with Gasteiger partial charge in [-0.1, -0.05) is 17.7 Å². The van der Waals surface area contributed by atoms with E-state index >= 15 is 0 Å². The van der Waals surface area contributed by atoms with Crippen molar-refractivity contribution in [2.75, 3.05) is 11.9 Å². The van der Waals surface area contributed by atoms with Crippen LogP contribution in [0.5, 0.6) is 0 Å². The van der Waals surface area contributed by atoms with Crippen LogP contribution in [0.15, 0.2) is 18.2 Å². The van der Waals surface area contributed by atoms with Crippen molar-refractivity contribution in [2.45, 2.75) is 25.5 Å². The zero-order valence-electron chi connectivity index (χ0n) is 9.53. The second kappa shape index (κ2) is 5.04. The predicted octanol–water partition coefficient (Wildman–Crippen LogP) is 1.31. The molecule has 0 spiro atoms. The lowest BCUT2D eigenvalue weighted by Gasteiger charge is -2.13. The van der Waals surface area contributed by atoms with E-state index in [1.54, 1.807) is 12.1 Å². The third-order valence-corrected chi connectivity index (χ3v) is 3.36. The van der Waals surface area contributed by atoms with Gasteiger partial charge in [-0.25, -0.2) is 0 Å². The number of carbonyl (C=O) groups excluding carboxylic acids is 1. The highest BCUT2D eigenvalue weighted by Crippen LogP contribution is 2.23. The van der Waals surface area contributed by atoms with Crippen molar-refractivity contribution in [1.82, 2.24) is 5.32 Å². The number of carbonyl (C=O) groups is 1. The molecule has 1 saturated heterocycles. The number of aliphatic hydroxyl groups is 1. The molecule has 1 aromatic rings. The lowest BCUT2D eigenvalue weighted by Crippen LogP contribution is -2.35. The number of halogens is 1. The van der Waals surface area contributed by atoms with Crippen LogP contribution >= 0.6 is 11.6 Å². The minimum Gasteiger partial charge on any atom is -0.392 e. The van der Waals surface area contributed by atoms with Gasteiger partial charge in [-0.15, -0.1) is 0 Å². The fourth-order valence-corrected chi connectivity index (χ4v) is 2.05. The number of amides is 1. The molecule has 4 nitrogen and oxygen atoms in total. The van der Waals surface area contributed by atoms with Gasteiger partial charge in [0.25, 0.3) is 0 Å². The number of hydrogen-bond donors (Lipinski definition) is 3. The minimum absolute atomic E-state index is 0.132. The molecule has 17 heavy (non-hydrogen) atoms. The lowest BCUT2D eigenvalue weighted by molar-refractivity contribution is -0.117. The monoisotopic (exact) mass is 254 g/mol. The normalized spacial score (nSPS) is 23.7. The molecule has 1 amide bonds. The maximum absolute atomic E-state index is 11.9. The van der Waals surface area contributed by atoms with Gasteiger partial charge in [-0.3, -0.25) is 4.79 Å². The summed E-state index contributed by atoms with van der Waals surface area (Å²) in [5.74, 6) is -0.132. The quantitative estimate of drug-likeness (QED) is 0.746. The van der Waals surface area contributed by atoms with Crippen LogP contribution in [0.1, 0.15) is 12.0 Å². The van der Waals surface area contributed by atoms with Crippen molar-refractivity contribution in [3.05, 3.63) is 28.8 Å². The van der Waals surface area contributed by atoms with Gasteiger partial charge in [-0.05, 0) is 31.0 Å². The number of benzene rings is 1. The molecule has 2 atom stereocenters. The molecular formula is C12H15ClN2O2. The molecule has 1 aromatic carbocycles. The van der Waals surface area contributed by atoms with Crippen molar-refractivity contribution in [3.8, 4) is 0 Å². The molecular weight excluding hydrogens is 240 g/mol. The molecule has 2 unspecified atom stereocenters. The molecule has 2 rings (SSSR count). The number of nitrogens with one attached hydrogen (secondary N) is 2. The van der Waals surface area contributed by atoms with E-state index in [9.17, 15) is 9.90 Å². The third kappa shape index (κ3) is 2.77. The van der Waals surface area contributed by atoms with E-state index in [4.69, 9.17) is 11.6 Å². The summed E-state index contributed by atoms with van der Waals surface area (Å²) in [7, 11) is 0. The van der Waals surface area contributed by atoms with Gasteiger partial charge >= 0.3 is 0 Å². The van der Waals surface area contributed by atoms with Crippen LogP contribution in [-0.2, 0) is 4.79 Å². The average Bonchev–Trinajstić information content (AvgIpc) is 2.72. The molecule has 3 N–H and O–H groups in total. The van der Waals surface area contributed by atoms with E-state index < -0.39 is 6.10 Å². The Balaban J connectivity index is 2.06. The summed E-state index contributed by atoms with van der Waals surface area (Å²) in [5, 5.41) is 15.8. The fourth-order valence-electron chi connectivity index (χ4n) is 1.88. The van der Waals surface area contributed by atoms with Crippen LogP contribution in [0.4, 0.5) is 5.69 Å². The number of anilines is 1. The smallest absolute Gasteiger partial charge is 0.241 e. The van der Waals surface area contributed by atoms with E-state index in [0.29, 0.717) is 23.7 Å². The Morgan fingerprint density at radius 2 is 2.35 bits per heavy atom. The second-order valence-corrected chi connectivity index (χ2v) is 4.66. The first kappa shape index (κ1) is 12.4. The fraction of sp³-hybridized carbons (Fsp3) is 0.417. The Morgan fingerprint density at radius 1 is 1.59 bits per heavy atom. The standard InChI is InChI=1S/C12H15ClN2O2/c1-7-9(13)3-2-4-10(7)15-12(17)11-5-8(16)6-14-11/h2-4,8,11,14,16H,5-6H2,1H3,(H,15,17). The van der Waals surface area contributed by atoms with Crippen LogP contribution in [0.25, 0.3) is 0 Å². The lowest BCUT2D eigenvalue weighted by atomic mass is 10.1. The van der Waals surface area contributed by atoms with Crippen molar-refractivity contribution < 1.29 is 9.90 Å². The van der Waals surface area contributed by atoms with Gasteiger partial charge in [0, 0.05) is 17.3 Å². The topological polar surface area (TPSA) is 61.4 Å². The number of β-amino-alcohol motifs (C(OH)–C–C–N with tert-alkyl or cyclic N) is 1. The summed E-state index contributed by atoms with van der Waals surface area (Å²) in [5.41, 5.74) is 1.56. The molecule has 92 valence electrons. The third-order valence-electron chi connectivity index (χ3n) is 2.95. The van der Waals surface area contributed by atoms with Crippen LogP contribution in [-0.4, -0.2) is 29.7 Å². The highest BCUT2D eigenvalue weighted by molar-refractivity contribution is 6.31. The van der Waals surface area contributed by atoms with Crippen LogP contribution in [0.3, 0.4) is 0 Å². The average molecular weight is 255 g/mol. The van der Waals surface area contributed by atoms with Gasteiger partial charge < -0.3 is 15.7 Å². The summed E-state index contributed by atoms with van der Waals surface area (Å²) in [4.78, 5) is 11.9. The number of rotatable bonds is 2. The van der Waals surface area contributed by atoms with Gasteiger partial charge in [0.2, 0.25) is 5.91 Å². The van der Waals surface area contributed by atoms with Crippen LogP contribution in [0, 0.1) is 6.92 Å². The SMILES string of the molecule is Cc1c(Cl)cccc1NC(=O)C1CC(O)CN1. The molecule has 1 heterocycles. The highest BCUT2D eigenvalue weighted by atomic mass is 35.5. The Hall–Kier alpha value is -1.10. The van der Waals surface area contributed by atoms with E-state index in [1.165, 1.54) is 0 Å². The van der Waals surface area contributed by atoms with E-state index in [1.807, 2.05) is 13.0 Å². The molecule has 0 radical (unpaired) electrons. The molecule has 5 heteroatoms. The van der Waals surface area contributed by atoms with Gasteiger partial charge in [0.1, 0.15) is 0 Å². The zero-order valence-corrected chi connectivity index (χ0v) is 10.3. The van der Waals surface area contributed by atoms with Gasteiger partial charge in [-0.2, -0.15) is 0 Å². The summed E-state index contributed by atoms with van der Waals surface area (Å²) in [6, 6.07) is 5.06. The first-order chi connectivity index (χ1) is 8.08. The summed E-state index contributed by atoms with van der Waals surface area (Å²) >= 11 is 5.97. The van der Waals surface area contributed by atoms with E-state index in [-0.39, 0.29) is 11.9 Å². The first-order valence-corrected chi connectivity index (χ1v) is 5.93. The number of hydrogen-bond acceptors (Lipinski definition) is 3. The van der Waals surface area contributed by atoms with Crippen molar-refractivity contribution in [1.29, 1.82) is 0 Å². The highest BCUT2D eigenvalue weighted by Gasteiger charge is 2.28. The van der Waals surface area contributed by atoms with Crippen molar-refractivity contribution in [2.24, 2.45) is 0 Å². The summed E-state index contributed by atoms with van der Waals surface area (Å²) < 4.78 is 0. The molecule has 0 saturated carbocycles. The van der Waals surface area contributed by atoms with Crippen LogP contribution < -0.4 is 10.6 Å². The second-order valence-electron chi connectivity index (χ2n) is 4.25. The van der Waals surface area contributed by atoms with Crippen molar-refractivity contribution in [3.63, 3.8) is 0 Å². The Labute approximate surface area is 105 Å². The number of aliphatic hydroxyl groups excluding tert-OH is 1. The Morgan fingerprint density at radius 3 is 3.00 bits per heavy atom. The molecule has 1 aliphatic heterocycles. The molecule has 0 aliphatic carbocycles. The first-order valence-electron chi connectivity index (χ1n) is 5.55. The van der Waals surface area contributed by atoms with Gasteiger partial charge in [0.05, 0.1) is 12.1 Å². The summed E-state index contributed by atoms with van der Waals surface area (Å²) in [6.45, 7) is 2.32. The predicted molar refractivity (Wildman–Crippen MR) is 67.2 cm³/mol. The molecule has 0 aromatic heterocycles. The minimum atomic E-state index is -0.439. The molecule has 1 fully saturated rings. The maximum Gasteiger partial charge on any atom is 0.241 e. The Bertz CT molecular complexity index is 437. The summed E-state index contributed by atoms with van der Waals surface area (Å²) in [6.07, 6.45) is 0.0112. The van der Waals surface area contributed by atoms with Gasteiger partial charge in [0.15, 0.2) is 0 Å². The zero-order chi connectivity index (χ0) is 12.4. The van der Waals surface area contributed by atoms with Crippen molar-refractivity contribution >= 4 is 23.2 Å². The molecule has 1 aliphatic rings. The van der Waals surface area contributed by atoms with E-state index in [2.05, 4.69) is 10.6 Å². The largest absolute Gasteiger partial charge is 0.392 e. The Kier molecular flexibility index (Phi) is 3.66. The van der Waals surface area contributed by atoms with Crippen LogP contribution in [0.2, 0.25) is 5.02 Å². The maximum atomic E-state index is 11.9. The van der Waals surface area contributed by atoms with E-state index in [0.717, 1.165) is 5.56 Å². The molecule has 0 bridgehead atoms.